The number of carbonyl (C=O) groups is 1. The summed E-state index contributed by atoms with van der Waals surface area (Å²) in [6, 6.07) is 0. The fourth-order valence-electron chi connectivity index (χ4n) is 11.7. The van der Waals surface area contributed by atoms with Crippen LogP contribution in [0.5, 0.6) is 0 Å². The minimum Gasteiger partial charge on any atom is -0.469 e. The van der Waals surface area contributed by atoms with Crippen molar-refractivity contribution in [3.8, 4) is 0 Å². The second-order valence-electron chi connectivity index (χ2n) is 14.7. The lowest BCUT2D eigenvalue weighted by atomic mass is 9.32. The Morgan fingerprint density at radius 2 is 1.56 bits per heavy atom. The molecule has 5 fully saturated rings. The maximum atomic E-state index is 13.3. The summed E-state index contributed by atoms with van der Waals surface area (Å²) in [5, 5.41) is 10.9. The van der Waals surface area contributed by atoms with Gasteiger partial charge in [0.25, 0.3) is 0 Å². The van der Waals surface area contributed by atoms with E-state index in [0.29, 0.717) is 35.0 Å². The van der Waals surface area contributed by atoms with Crippen LogP contribution in [0.2, 0.25) is 0 Å². The van der Waals surface area contributed by atoms with E-state index in [-0.39, 0.29) is 33.7 Å². The molecule has 0 radical (unpaired) electrons. The van der Waals surface area contributed by atoms with Crippen LogP contribution in [-0.4, -0.2) is 24.3 Å². The number of esters is 1. The molecular weight excluding hydrogens is 420 g/mol. The maximum absolute atomic E-state index is 13.3. The minimum absolute atomic E-state index is 0.00478. The predicted molar refractivity (Wildman–Crippen MR) is 137 cm³/mol. The van der Waals surface area contributed by atoms with Gasteiger partial charge in [0.1, 0.15) is 0 Å². The Bertz CT molecular complexity index is 876. The summed E-state index contributed by atoms with van der Waals surface area (Å²) in [5.74, 6) is 2.72. The van der Waals surface area contributed by atoms with Gasteiger partial charge in [0.15, 0.2) is 0 Å². The molecule has 0 aliphatic heterocycles. The maximum Gasteiger partial charge on any atom is 0.312 e. The van der Waals surface area contributed by atoms with Crippen molar-refractivity contribution in [1.82, 2.24) is 0 Å². The standard InChI is InChI=1S/C31H50O3/c1-19(2)20-11-16-31(26(33)34-8)18-17-29(6)21(25(20)31)9-10-23-28(5)14-13-24(32)27(3,4)22(28)12-15-30(23,29)7/h20-25,32H,1,9-18H2,2-8H3/t20-,21?,22?,23?,24-,25?,28-,29+,30+,31-/m0/s1. The molecule has 5 aliphatic carbocycles. The molecule has 0 aromatic heterocycles. The fraction of sp³-hybridized carbons (Fsp3) is 0.903. The highest BCUT2D eigenvalue weighted by atomic mass is 16.5. The number of fused-ring (bicyclic) bond motifs is 7. The highest BCUT2D eigenvalue weighted by molar-refractivity contribution is 5.78. The molecule has 10 atom stereocenters. The first kappa shape index (κ1) is 24.8. The van der Waals surface area contributed by atoms with Crippen molar-refractivity contribution in [3.63, 3.8) is 0 Å². The summed E-state index contributed by atoms with van der Waals surface area (Å²) < 4.78 is 5.49. The SMILES string of the molecule is C=C(C)[C@@H]1CC[C@]2(C(=O)OC)CC[C@]3(C)C(CCC4[C@@]5(C)CC[C@H](O)C(C)(C)C5CC[C@]43C)C12. The molecule has 0 bridgehead atoms. The molecule has 0 aromatic carbocycles. The highest BCUT2D eigenvalue weighted by Gasteiger charge is 2.72. The summed E-state index contributed by atoms with van der Waals surface area (Å²) in [5.41, 5.74) is 1.78. The zero-order chi connectivity index (χ0) is 24.9. The minimum atomic E-state index is -0.302. The molecule has 3 nitrogen and oxygen atoms in total. The van der Waals surface area contributed by atoms with E-state index in [1.165, 1.54) is 31.3 Å². The van der Waals surface area contributed by atoms with Gasteiger partial charge in [-0.05, 0) is 122 Å². The molecule has 1 N–H and O–H groups in total. The van der Waals surface area contributed by atoms with Gasteiger partial charge in [-0.1, -0.05) is 46.8 Å². The number of hydrogen-bond donors (Lipinski definition) is 1. The van der Waals surface area contributed by atoms with Gasteiger partial charge < -0.3 is 9.84 Å². The van der Waals surface area contributed by atoms with E-state index in [1.807, 2.05) is 0 Å². The first-order chi connectivity index (χ1) is 15.8. The normalized spacial score (nSPS) is 53.6. The summed E-state index contributed by atoms with van der Waals surface area (Å²) in [7, 11) is 1.59. The predicted octanol–water partition coefficient (Wildman–Crippen LogP) is 7.18. The van der Waals surface area contributed by atoms with E-state index in [2.05, 4.69) is 48.1 Å². The van der Waals surface area contributed by atoms with Crippen molar-refractivity contribution in [2.24, 2.45) is 56.7 Å². The smallest absolute Gasteiger partial charge is 0.312 e. The summed E-state index contributed by atoms with van der Waals surface area (Å²) in [6.45, 7) is 19.1. The van der Waals surface area contributed by atoms with Crippen LogP contribution in [-0.2, 0) is 9.53 Å². The largest absolute Gasteiger partial charge is 0.469 e. The Labute approximate surface area is 208 Å². The van der Waals surface area contributed by atoms with Crippen molar-refractivity contribution in [2.75, 3.05) is 7.11 Å². The Morgan fingerprint density at radius 3 is 2.21 bits per heavy atom. The van der Waals surface area contributed by atoms with Gasteiger partial charge in [0.05, 0.1) is 18.6 Å². The Balaban J connectivity index is 1.56. The lowest BCUT2D eigenvalue weighted by Crippen LogP contribution is -2.67. The number of rotatable bonds is 2. The average Bonchev–Trinajstić information content (AvgIpc) is 3.18. The van der Waals surface area contributed by atoms with Gasteiger partial charge in [0.2, 0.25) is 0 Å². The van der Waals surface area contributed by atoms with E-state index in [9.17, 15) is 9.90 Å². The molecule has 3 heteroatoms. The molecule has 34 heavy (non-hydrogen) atoms. The van der Waals surface area contributed by atoms with Crippen LogP contribution in [0, 0.1) is 56.7 Å². The van der Waals surface area contributed by atoms with Crippen LogP contribution in [0.1, 0.15) is 106 Å². The Morgan fingerprint density at radius 1 is 0.853 bits per heavy atom. The quantitative estimate of drug-likeness (QED) is 0.343. The summed E-state index contributed by atoms with van der Waals surface area (Å²) >= 11 is 0. The van der Waals surface area contributed by atoms with Gasteiger partial charge in [-0.3, -0.25) is 4.79 Å². The van der Waals surface area contributed by atoms with Gasteiger partial charge in [-0.25, -0.2) is 0 Å². The first-order valence-electron chi connectivity index (χ1n) is 14.2. The summed E-state index contributed by atoms with van der Waals surface area (Å²) in [6.07, 6.45) is 11.1. The third-order valence-electron chi connectivity index (χ3n) is 13.6. The molecule has 0 spiro atoms. The molecule has 0 amide bonds. The third kappa shape index (κ3) is 2.83. The van der Waals surface area contributed by atoms with E-state index in [1.54, 1.807) is 7.11 Å². The number of aliphatic hydroxyl groups is 1. The van der Waals surface area contributed by atoms with Crippen molar-refractivity contribution >= 4 is 5.97 Å². The molecule has 0 aromatic rings. The Kier molecular flexibility index (Phi) is 5.55. The zero-order valence-corrected chi connectivity index (χ0v) is 23.0. The number of methoxy groups -OCH3 is 1. The van der Waals surface area contributed by atoms with Crippen molar-refractivity contribution in [3.05, 3.63) is 12.2 Å². The molecule has 0 saturated heterocycles. The molecule has 4 unspecified atom stereocenters. The van der Waals surface area contributed by atoms with Crippen LogP contribution < -0.4 is 0 Å². The lowest BCUT2D eigenvalue weighted by Gasteiger charge is -2.72. The van der Waals surface area contributed by atoms with Crippen LogP contribution in [0.4, 0.5) is 0 Å². The molecule has 5 aliphatic rings. The van der Waals surface area contributed by atoms with Crippen molar-refractivity contribution in [1.29, 1.82) is 0 Å². The topological polar surface area (TPSA) is 46.5 Å². The lowest BCUT2D eigenvalue weighted by molar-refractivity contribution is -0.248. The van der Waals surface area contributed by atoms with Crippen LogP contribution in [0.3, 0.4) is 0 Å². The molecule has 0 heterocycles. The van der Waals surface area contributed by atoms with Crippen LogP contribution >= 0.6 is 0 Å². The number of allylic oxidation sites excluding steroid dienone is 1. The van der Waals surface area contributed by atoms with Crippen LogP contribution in [0.25, 0.3) is 0 Å². The first-order valence-corrected chi connectivity index (χ1v) is 14.2. The monoisotopic (exact) mass is 470 g/mol. The van der Waals surface area contributed by atoms with E-state index >= 15 is 0 Å². The van der Waals surface area contributed by atoms with Crippen molar-refractivity contribution < 1.29 is 14.6 Å². The number of hydrogen-bond acceptors (Lipinski definition) is 3. The zero-order valence-electron chi connectivity index (χ0n) is 23.0. The van der Waals surface area contributed by atoms with Gasteiger partial charge in [0, 0.05) is 0 Å². The average molecular weight is 471 g/mol. The number of carbonyl (C=O) groups excluding carboxylic acids is 1. The highest BCUT2D eigenvalue weighted by Crippen LogP contribution is 2.77. The fourth-order valence-corrected chi connectivity index (χ4v) is 11.7. The van der Waals surface area contributed by atoms with E-state index < -0.39 is 0 Å². The second kappa shape index (κ2) is 7.59. The Hall–Kier alpha value is -0.830. The number of ether oxygens (including phenoxy) is 1. The summed E-state index contributed by atoms with van der Waals surface area (Å²) in [4.78, 5) is 13.3. The van der Waals surface area contributed by atoms with Gasteiger partial charge in [-0.15, -0.1) is 0 Å². The van der Waals surface area contributed by atoms with E-state index in [4.69, 9.17) is 4.74 Å². The van der Waals surface area contributed by atoms with Crippen molar-refractivity contribution in [2.45, 2.75) is 112 Å². The van der Waals surface area contributed by atoms with E-state index in [0.717, 1.165) is 38.5 Å². The second-order valence-corrected chi connectivity index (χ2v) is 14.7. The third-order valence-corrected chi connectivity index (χ3v) is 13.6. The van der Waals surface area contributed by atoms with Gasteiger partial charge in [-0.2, -0.15) is 0 Å². The number of aliphatic hydroxyl groups excluding tert-OH is 1. The molecular formula is C31H50O3. The van der Waals surface area contributed by atoms with Crippen LogP contribution in [0.15, 0.2) is 12.2 Å². The van der Waals surface area contributed by atoms with Gasteiger partial charge >= 0.3 is 5.97 Å². The molecule has 5 saturated carbocycles. The molecule has 192 valence electrons. The molecule has 5 rings (SSSR count).